The van der Waals surface area contributed by atoms with Crippen molar-refractivity contribution in [3.63, 3.8) is 0 Å². The van der Waals surface area contributed by atoms with Gasteiger partial charge in [-0.05, 0) is 62.6 Å². The van der Waals surface area contributed by atoms with Crippen molar-refractivity contribution in [2.24, 2.45) is 5.92 Å². The SMILES string of the molecule is CCOC(=O)C(CC1CCOCC1)c1ccc(S(=O)(=O)C2CC2)cc1. The molecule has 25 heavy (non-hydrogen) atoms. The molecule has 0 bridgehead atoms. The van der Waals surface area contributed by atoms with Crippen molar-refractivity contribution in [1.29, 1.82) is 0 Å². The molecule has 0 N–H and O–H groups in total. The van der Waals surface area contributed by atoms with Crippen LogP contribution in [0.1, 0.15) is 50.5 Å². The van der Waals surface area contributed by atoms with E-state index in [4.69, 9.17) is 9.47 Å². The standard InChI is InChI=1S/C19H26O5S/c1-2-24-19(20)18(13-14-9-11-23-12-10-14)15-3-5-16(6-4-15)25(21,22)17-7-8-17/h3-6,14,17-18H,2,7-13H2,1H3. The molecule has 1 aromatic carbocycles. The van der Waals surface area contributed by atoms with Crippen LogP contribution in [0, 0.1) is 5.92 Å². The Morgan fingerprint density at radius 3 is 2.36 bits per heavy atom. The molecule has 0 amide bonds. The largest absolute Gasteiger partial charge is 0.466 e. The zero-order chi connectivity index (χ0) is 17.9. The highest BCUT2D eigenvalue weighted by Gasteiger charge is 2.37. The summed E-state index contributed by atoms with van der Waals surface area (Å²) >= 11 is 0. The van der Waals surface area contributed by atoms with Crippen LogP contribution in [0.5, 0.6) is 0 Å². The Balaban J connectivity index is 1.78. The third kappa shape index (κ3) is 4.42. The molecule has 5 nitrogen and oxygen atoms in total. The molecule has 0 aromatic heterocycles. The molecule has 1 aliphatic heterocycles. The number of esters is 1. The second-order valence-electron chi connectivity index (χ2n) is 6.91. The Hall–Kier alpha value is -1.40. The molecule has 1 atom stereocenters. The molecule has 3 rings (SSSR count). The second-order valence-corrected chi connectivity index (χ2v) is 9.14. The number of hydrogen-bond donors (Lipinski definition) is 0. The molecule has 0 spiro atoms. The lowest BCUT2D eigenvalue weighted by atomic mass is 9.85. The summed E-state index contributed by atoms with van der Waals surface area (Å²) in [6.07, 6.45) is 4.11. The van der Waals surface area contributed by atoms with E-state index < -0.39 is 9.84 Å². The van der Waals surface area contributed by atoms with E-state index in [1.54, 1.807) is 31.2 Å². The van der Waals surface area contributed by atoms with Gasteiger partial charge in [-0.3, -0.25) is 4.79 Å². The third-order valence-corrected chi connectivity index (χ3v) is 7.33. The number of rotatable bonds is 7. The van der Waals surface area contributed by atoms with Gasteiger partial charge >= 0.3 is 5.97 Å². The molecule has 1 aliphatic carbocycles. The van der Waals surface area contributed by atoms with Crippen LogP contribution in [0.25, 0.3) is 0 Å². The van der Waals surface area contributed by atoms with E-state index in [0.29, 0.717) is 17.4 Å². The summed E-state index contributed by atoms with van der Waals surface area (Å²) in [6, 6.07) is 6.82. The van der Waals surface area contributed by atoms with Crippen LogP contribution in [0.3, 0.4) is 0 Å². The minimum atomic E-state index is -3.20. The first kappa shape index (κ1) is 18.4. The third-order valence-electron chi connectivity index (χ3n) is 5.06. The molecule has 1 saturated carbocycles. The summed E-state index contributed by atoms with van der Waals surface area (Å²) in [5.41, 5.74) is 0.833. The number of hydrogen-bond acceptors (Lipinski definition) is 5. The van der Waals surface area contributed by atoms with Crippen LogP contribution >= 0.6 is 0 Å². The molecular formula is C19H26O5S. The van der Waals surface area contributed by atoms with Crippen molar-refractivity contribution in [3.05, 3.63) is 29.8 Å². The molecular weight excluding hydrogens is 340 g/mol. The molecule has 1 heterocycles. The van der Waals surface area contributed by atoms with Crippen LogP contribution < -0.4 is 0 Å². The van der Waals surface area contributed by atoms with Gasteiger partial charge in [0.15, 0.2) is 9.84 Å². The molecule has 6 heteroatoms. The highest BCUT2D eigenvalue weighted by atomic mass is 32.2. The fourth-order valence-electron chi connectivity index (χ4n) is 3.39. The van der Waals surface area contributed by atoms with E-state index in [1.165, 1.54) is 0 Å². The summed E-state index contributed by atoms with van der Waals surface area (Å²) in [5, 5.41) is -0.221. The minimum Gasteiger partial charge on any atom is -0.466 e. The first-order valence-electron chi connectivity index (χ1n) is 9.10. The molecule has 2 fully saturated rings. The Bertz CT molecular complexity index is 685. The lowest BCUT2D eigenvalue weighted by Gasteiger charge is -2.26. The predicted molar refractivity (Wildman–Crippen MR) is 94.2 cm³/mol. The lowest BCUT2D eigenvalue weighted by Crippen LogP contribution is -2.23. The van der Waals surface area contributed by atoms with Gasteiger partial charge in [-0.25, -0.2) is 8.42 Å². The van der Waals surface area contributed by atoms with Crippen molar-refractivity contribution in [2.75, 3.05) is 19.8 Å². The zero-order valence-electron chi connectivity index (χ0n) is 14.6. The Morgan fingerprint density at radius 2 is 1.80 bits per heavy atom. The van der Waals surface area contributed by atoms with E-state index in [1.807, 2.05) is 0 Å². The fourth-order valence-corrected chi connectivity index (χ4v) is 5.04. The minimum absolute atomic E-state index is 0.221. The van der Waals surface area contributed by atoms with Gasteiger partial charge < -0.3 is 9.47 Å². The Morgan fingerprint density at radius 1 is 1.16 bits per heavy atom. The number of sulfone groups is 1. The van der Waals surface area contributed by atoms with E-state index in [0.717, 1.165) is 50.9 Å². The number of carbonyl (C=O) groups is 1. The number of benzene rings is 1. The quantitative estimate of drug-likeness (QED) is 0.694. The van der Waals surface area contributed by atoms with Gasteiger partial charge in [0.2, 0.25) is 0 Å². The van der Waals surface area contributed by atoms with Crippen molar-refractivity contribution >= 4 is 15.8 Å². The average Bonchev–Trinajstić information content (AvgIpc) is 3.46. The zero-order valence-corrected chi connectivity index (χ0v) is 15.5. The van der Waals surface area contributed by atoms with Crippen LogP contribution in [0.2, 0.25) is 0 Å². The van der Waals surface area contributed by atoms with Gasteiger partial charge in [0.25, 0.3) is 0 Å². The first-order valence-corrected chi connectivity index (χ1v) is 10.6. The van der Waals surface area contributed by atoms with Crippen LogP contribution in [-0.4, -0.2) is 39.5 Å². The first-order chi connectivity index (χ1) is 12.0. The lowest BCUT2D eigenvalue weighted by molar-refractivity contribution is -0.145. The van der Waals surface area contributed by atoms with Gasteiger partial charge in [-0.2, -0.15) is 0 Å². The molecule has 138 valence electrons. The Kier molecular flexibility index (Phi) is 5.79. The number of ether oxygens (including phenoxy) is 2. The van der Waals surface area contributed by atoms with Gasteiger partial charge in [-0.1, -0.05) is 12.1 Å². The van der Waals surface area contributed by atoms with E-state index in [2.05, 4.69) is 0 Å². The van der Waals surface area contributed by atoms with Gasteiger partial charge in [0.05, 0.1) is 22.7 Å². The summed E-state index contributed by atoms with van der Waals surface area (Å²) in [7, 11) is -3.20. The molecule has 1 unspecified atom stereocenters. The smallest absolute Gasteiger partial charge is 0.313 e. The monoisotopic (exact) mass is 366 g/mol. The van der Waals surface area contributed by atoms with Gasteiger partial charge in [-0.15, -0.1) is 0 Å². The summed E-state index contributed by atoms with van der Waals surface area (Å²) in [5.74, 6) is -0.148. The maximum atomic E-state index is 12.4. The maximum absolute atomic E-state index is 12.4. The summed E-state index contributed by atoms with van der Waals surface area (Å²) < 4.78 is 35.3. The second kappa shape index (κ2) is 7.87. The van der Waals surface area contributed by atoms with Crippen LogP contribution in [0.4, 0.5) is 0 Å². The highest BCUT2D eigenvalue weighted by molar-refractivity contribution is 7.92. The van der Waals surface area contributed by atoms with Crippen LogP contribution in [0.15, 0.2) is 29.2 Å². The molecule has 1 aromatic rings. The van der Waals surface area contributed by atoms with Crippen molar-refractivity contribution in [3.8, 4) is 0 Å². The van der Waals surface area contributed by atoms with Crippen molar-refractivity contribution in [2.45, 2.75) is 55.1 Å². The van der Waals surface area contributed by atoms with Crippen molar-refractivity contribution < 1.29 is 22.7 Å². The fraction of sp³-hybridized carbons (Fsp3) is 0.632. The number of carbonyl (C=O) groups excluding carboxylic acids is 1. The molecule has 1 saturated heterocycles. The van der Waals surface area contributed by atoms with Gasteiger partial charge in [0, 0.05) is 13.2 Å². The normalized spacial score (nSPS) is 20.2. The van der Waals surface area contributed by atoms with E-state index in [-0.39, 0.29) is 17.1 Å². The topological polar surface area (TPSA) is 69.7 Å². The van der Waals surface area contributed by atoms with Gasteiger partial charge in [0.1, 0.15) is 0 Å². The summed E-state index contributed by atoms with van der Waals surface area (Å²) in [6.45, 7) is 3.61. The summed E-state index contributed by atoms with van der Waals surface area (Å²) in [4.78, 5) is 12.8. The highest BCUT2D eigenvalue weighted by Crippen LogP contribution is 2.35. The maximum Gasteiger partial charge on any atom is 0.313 e. The molecule has 2 aliphatic rings. The average molecular weight is 366 g/mol. The van der Waals surface area contributed by atoms with Crippen LogP contribution in [-0.2, 0) is 24.1 Å². The van der Waals surface area contributed by atoms with E-state index in [9.17, 15) is 13.2 Å². The molecule has 0 radical (unpaired) electrons. The van der Waals surface area contributed by atoms with Crippen molar-refractivity contribution in [1.82, 2.24) is 0 Å². The predicted octanol–water partition coefficient (Wildman–Crippen LogP) is 3.09. The Labute approximate surface area is 149 Å². The van der Waals surface area contributed by atoms with E-state index >= 15 is 0 Å².